The number of benzene rings is 1. The van der Waals surface area contributed by atoms with E-state index in [0.29, 0.717) is 13.2 Å². The number of hydrogen-bond donors (Lipinski definition) is 2. The highest BCUT2D eigenvalue weighted by atomic mass is 19.1. The standard InChI is InChI=1S/C14H23FN2O/c1-11(12-5-3-6-13(15)9-12)17-14(10-18-2)7-4-8-16/h3,5-6,9,11,14,17H,4,7-8,10,16H2,1-2H3/t11-,14?/m1/s1. The maximum absolute atomic E-state index is 13.1. The predicted octanol–water partition coefficient (Wildman–Crippen LogP) is 2.23. The van der Waals surface area contributed by atoms with Gasteiger partial charge in [-0.15, -0.1) is 0 Å². The third kappa shape index (κ3) is 5.12. The summed E-state index contributed by atoms with van der Waals surface area (Å²) in [5.41, 5.74) is 6.46. The SMILES string of the molecule is COCC(CCCN)N[C@H](C)c1cccc(F)c1. The molecule has 3 N–H and O–H groups in total. The fourth-order valence-electron chi connectivity index (χ4n) is 2.01. The van der Waals surface area contributed by atoms with E-state index in [1.54, 1.807) is 19.2 Å². The molecule has 0 bridgehead atoms. The maximum atomic E-state index is 13.1. The first kappa shape index (κ1) is 15.1. The summed E-state index contributed by atoms with van der Waals surface area (Å²) in [6, 6.07) is 7.01. The van der Waals surface area contributed by atoms with E-state index in [0.717, 1.165) is 18.4 Å². The lowest BCUT2D eigenvalue weighted by Gasteiger charge is -2.23. The molecule has 1 aromatic rings. The van der Waals surface area contributed by atoms with Crippen molar-refractivity contribution in [2.24, 2.45) is 5.73 Å². The zero-order valence-corrected chi connectivity index (χ0v) is 11.2. The zero-order valence-electron chi connectivity index (χ0n) is 11.2. The first-order valence-electron chi connectivity index (χ1n) is 6.38. The van der Waals surface area contributed by atoms with Gasteiger partial charge in [-0.1, -0.05) is 12.1 Å². The Bertz CT molecular complexity index is 346. The van der Waals surface area contributed by atoms with Crippen molar-refractivity contribution in [3.63, 3.8) is 0 Å². The molecule has 0 spiro atoms. The number of ether oxygens (including phenoxy) is 1. The lowest BCUT2D eigenvalue weighted by Crippen LogP contribution is -2.35. The molecule has 0 aliphatic rings. The minimum atomic E-state index is -0.202. The third-order valence-electron chi connectivity index (χ3n) is 2.96. The van der Waals surface area contributed by atoms with Gasteiger partial charge in [0, 0.05) is 19.2 Å². The lowest BCUT2D eigenvalue weighted by atomic mass is 10.1. The van der Waals surface area contributed by atoms with E-state index in [4.69, 9.17) is 10.5 Å². The second-order valence-corrected chi connectivity index (χ2v) is 4.53. The van der Waals surface area contributed by atoms with E-state index in [2.05, 4.69) is 5.32 Å². The second-order valence-electron chi connectivity index (χ2n) is 4.53. The van der Waals surface area contributed by atoms with Crippen molar-refractivity contribution >= 4 is 0 Å². The van der Waals surface area contributed by atoms with E-state index < -0.39 is 0 Å². The highest BCUT2D eigenvalue weighted by Gasteiger charge is 2.13. The molecule has 1 rings (SSSR count). The Morgan fingerprint density at radius 1 is 1.44 bits per heavy atom. The van der Waals surface area contributed by atoms with E-state index in [9.17, 15) is 4.39 Å². The van der Waals surface area contributed by atoms with Gasteiger partial charge in [0.05, 0.1) is 6.61 Å². The zero-order chi connectivity index (χ0) is 13.4. The smallest absolute Gasteiger partial charge is 0.123 e. The fraction of sp³-hybridized carbons (Fsp3) is 0.571. The molecule has 0 fully saturated rings. The van der Waals surface area contributed by atoms with Gasteiger partial charge in [-0.25, -0.2) is 4.39 Å². The molecule has 4 heteroatoms. The van der Waals surface area contributed by atoms with Crippen LogP contribution in [0.4, 0.5) is 4.39 Å². The highest BCUT2D eigenvalue weighted by molar-refractivity contribution is 5.19. The van der Waals surface area contributed by atoms with Gasteiger partial charge in [-0.2, -0.15) is 0 Å². The molecular weight excluding hydrogens is 231 g/mol. The average Bonchev–Trinajstić information content (AvgIpc) is 2.36. The van der Waals surface area contributed by atoms with Crippen molar-refractivity contribution in [2.45, 2.75) is 31.8 Å². The van der Waals surface area contributed by atoms with Crippen LogP contribution < -0.4 is 11.1 Å². The largest absolute Gasteiger partial charge is 0.383 e. The summed E-state index contributed by atoms with van der Waals surface area (Å²) in [6.07, 6.45) is 1.92. The first-order chi connectivity index (χ1) is 8.67. The highest BCUT2D eigenvalue weighted by Crippen LogP contribution is 2.15. The quantitative estimate of drug-likeness (QED) is 0.748. The van der Waals surface area contributed by atoms with Gasteiger partial charge in [-0.05, 0) is 44.0 Å². The Labute approximate surface area is 109 Å². The Morgan fingerprint density at radius 3 is 2.83 bits per heavy atom. The molecule has 0 amide bonds. The molecule has 0 saturated heterocycles. The molecule has 1 unspecified atom stereocenters. The van der Waals surface area contributed by atoms with Gasteiger partial charge < -0.3 is 15.8 Å². The van der Waals surface area contributed by atoms with E-state index in [1.165, 1.54) is 6.07 Å². The molecule has 2 atom stereocenters. The molecule has 102 valence electrons. The number of rotatable bonds is 8. The molecule has 1 aromatic carbocycles. The molecule has 0 aliphatic heterocycles. The van der Waals surface area contributed by atoms with Crippen LogP contribution in [0, 0.1) is 5.82 Å². The van der Waals surface area contributed by atoms with Crippen LogP contribution in [0.3, 0.4) is 0 Å². The molecular formula is C14H23FN2O. The molecule has 3 nitrogen and oxygen atoms in total. The van der Waals surface area contributed by atoms with Crippen molar-refractivity contribution in [3.05, 3.63) is 35.6 Å². The van der Waals surface area contributed by atoms with E-state index >= 15 is 0 Å². The van der Waals surface area contributed by atoms with Crippen molar-refractivity contribution in [1.82, 2.24) is 5.32 Å². The van der Waals surface area contributed by atoms with Crippen molar-refractivity contribution in [2.75, 3.05) is 20.3 Å². The summed E-state index contributed by atoms with van der Waals surface area (Å²) < 4.78 is 18.3. The van der Waals surface area contributed by atoms with Crippen molar-refractivity contribution in [3.8, 4) is 0 Å². The Kier molecular flexibility index (Phi) is 6.86. The number of halogens is 1. The van der Waals surface area contributed by atoms with Crippen LogP contribution in [0.2, 0.25) is 0 Å². The minimum absolute atomic E-state index is 0.0959. The number of nitrogens with two attached hydrogens (primary N) is 1. The summed E-state index contributed by atoms with van der Waals surface area (Å²) in [5.74, 6) is -0.202. The van der Waals surface area contributed by atoms with E-state index in [-0.39, 0.29) is 17.9 Å². The third-order valence-corrected chi connectivity index (χ3v) is 2.96. The average molecular weight is 254 g/mol. The normalized spacial score (nSPS) is 14.4. The molecule has 0 saturated carbocycles. The van der Waals surface area contributed by atoms with Crippen LogP contribution in [0.5, 0.6) is 0 Å². The number of hydrogen-bond acceptors (Lipinski definition) is 3. The fourth-order valence-corrected chi connectivity index (χ4v) is 2.01. The lowest BCUT2D eigenvalue weighted by molar-refractivity contribution is 0.156. The summed E-state index contributed by atoms with van der Waals surface area (Å²) >= 11 is 0. The van der Waals surface area contributed by atoms with Gasteiger partial charge in [0.1, 0.15) is 5.82 Å². The summed E-state index contributed by atoms with van der Waals surface area (Å²) in [5, 5.41) is 3.45. The second kappa shape index (κ2) is 8.19. The van der Waals surface area contributed by atoms with Gasteiger partial charge in [0.25, 0.3) is 0 Å². The molecule has 18 heavy (non-hydrogen) atoms. The molecule has 0 heterocycles. The molecule has 0 aromatic heterocycles. The van der Waals surface area contributed by atoms with Crippen LogP contribution in [-0.2, 0) is 4.74 Å². The van der Waals surface area contributed by atoms with Crippen LogP contribution in [0.1, 0.15) is 31.4 Å². The van der Waals surface area contributed by atoms with Gasteiger partial charge in [0.15, 0.2) is 0 Å². The van der Waals surface area contributed by atoms with Crippen LogP contribution in [0.25, 0.3) is 0 Å². The Morgan fingerprint density at radius 2 is 2.22 bits per heavy atom. The Balaban J connectivity index is 2.56. The van der Waals surface area contributed by atoms with Gasteiger partial charge in [-0.3, -0.25) is 0 Å². The van der Waals surface area contributed by atoms with Gasteiger partial charge >= 0.3 is 0 Å². The summed E-state index contributed by atoms with van der Waals surface area (Å²) in [6.45, 7) is 3.34. The minimum Gasteiger partial charge on any atom is -0.383 e. The Hall–Kier alpha value is -0.970. The number of nitrogens with one attached hydrogen (secondary N) is 1. The van der Waals surface area contributed by atoms with Crippen LogP contribution in [-0.4, -0.2) is 26.3 Å². The molecule has 0 aliphatic carbocycles. The number of methoxy groups -OCH3 is 1. The first-order valence-corrected chi connectivity index (χ1v) is 6.38. The van der Waals surface area contributed by atoms with Crippen molar-refractivity contribution in [1.29, 1.82) is 0 Å². The van der Waals surface area contributed by atoms with Crippen LogP contribution >= 0.6 is 0 Å². The predicted molar refractivity (Wildman–Crippen MR) is 71.9 cm³/mol. The van der Waals surface area contributed by atoms with Gasteiger partial charge in [0.2, 0.25) is 0 Å². The summed E-state index contributed by atoms with van der Waals surface area (Å²) in [4.78, 5) is 0. The summed E-state index contributed by atoms with van der Waals surface area (Å²) in [7, 11) is 1.68. The molecule has 0 radical (unpaired) electrons. The van der Waals surface area contributed by atoms with Crippen molar-refractivity contribution < 1.29 is 9.13 Å². The topological polar surface area (TPSA) is 47.3 Å². The van der Waals surface area contributed by atoms with E-state index in [1.807, 2.05) is 13.0 Å². The van der Waals surface area contributed by atoms with Crippen LogP contribution in [0.15, 0.2) is 24.3 Å². The maximum Gasteiger partial charge on any atom is 0.123 e. The monoisotopic (exact) mass is 254 g/mol.